The molecule has 0 aliphatic heterocycles. The first kappa shape index (κ1) is 14.4. The number of hydrogen-bond donors (Lipinski definition) is 0. The smallest absolute Gasteiger partial charge is 0.376 e. The Labute approximate surface area is 99.3 Å². The molecule has 9 heteroatoms. The molecular weight excluding hydrogens is 280 g/mol. The molecule has 0 aliphatic carbocycles. The Morgan fingerprint density at radius 2 is 1.83 bits per heavy atom. The fourth-order valence-corrected chi connectivity index (χ4v) is 1.46. The summed E-state index contributed by atoms with van der Waals surface area (Å²) in [4.78, 5) is 10.8. The molecule has 0 bridgehead atoms. The fraction of sp³-hybridized carbons (Fsp3) is 0.222. The van der Waals surface area contributed by atoms with Gasteiger partial charge in [0.15, 0.2) is 5.78 Å². The lowest BCUT2D eigenvalue weighted by atomic mass is 10.1. The highest BCUT2D eigenvalue weighted by molar-refractivity contribution is 7.87. The lowest BCUT2D eigenvalue weighted by molar-refractivity contribution is -0.0500. The second-order valence-corrected chi connectivity index (χ2v) is 4.72. The van der Waals surface area contributed by atoms with Crippen LogP contribution in [0.15, 0.2) is 18.2 Å². The lowest BCUT2D eigenvalue weighted by Crippen LogP contribution is -2.28. The summed E-state index contributed by atoms with van der Waals surface area (Å²) in [6, 6.07) is 1.97. The highest BCUT2D eigenvalue weighted by Gasteiger charge is 2.48. The molecule has 0 N–H and O–H groups in total. The molecule has 1 rings (SSSR count). The van der Waals surface area contributed by atoms with Crippen molar-refractivity contribution < 1.29 is 35.0 Å². The summed E-state index contributed by atoms with van der Waals surface area (Å²) in [7, 11) is -5.85. The molecule has 100 valence electrons. The minimum atomic E-state index is -5.85. The first-order chi connectivity index (χ1) is 8.04. The number of ketones is 1. The van der Waals surface area contributed by atoms with Crippen molar-refractivity contribution in [3.05, 3.63) is 29.6 Å². The Morgan fingerprint density at radius 1 is 1.28 bits per heavy atom. The largest absolute Gasteiger partial charge is 0.534 e. The van der Waals surface area contributed by atoms with Crippen LogP contribution < -0.4 is 4.18 Å². The molecular formula is C9H6F4O4S. The second kappa shape index (κ2) is 4.56. The van der Waals surface area contributed by atoms with Crippen LogP contribution in [0.4, 0.5) is 17.6 Å². The summed E-state index contributed by atoms with van der Waals surface area (Å²) < 4.78 is 74.0. The average molecular weight is 286 g/mol. The maximum Gasteiger partial charge on any atom is 0.534 e. The SMILES string of the molecule is CC(=O)c1ccc(OS(=O)(=O)C(F)(F)F)cc1F. The van der Waals surface area contributed by atoms with E-state index in [1.165, 1.54) is 0 Å². The number of Topliss-reactive ketones (excluding diaryl/α,β-unsaturated/α-hetero) is 1. The van der Waals surface area contributed by atoms with Gasteiger partial charge in [-0.1, -0.05) is 0 Å². The Bertz CT molecular complexity index is 577. The van der Waals surface area contributed by atoms with Gasteiger partial charge in [0.05, 0.1) is 5.56 Å². The predicted octanol–water partition coefficient (Wildman–Crippen LogP) is 2.26. The van der Waals surface area contributed by atoms with E-state index < -0.39 is 33.0 Å². The number of carbonyl (C=O) groups excluding carboxylic acids is 1. The standard InChI is InChI=1S/C9H6F4O4S/c1-5(14)7-3-2-6(4-8(7)10)17-18(15,16)9(11,12)13/h2-4H,1H3. The van der Waals surface area contributed by atoms with E-state index in [2.05, 4.69) is 4.18 Å². The van der Waals surface area contributed by atoms with Crippen molar-refractivity contribution in [2.45, 2.75) is 12.4 Å². The molecule has 0 spiro atoms. The quantitative estimate of drug-likeness (QED) is 0.370. The van der Waals surface area contributed by atoms with Gasteiger partial charge in [-0.3, -0.25) is 4.79 Å². The number of benzene rings is 1. The van der Waals surface area contributed by atoms with E-state index in [1.807, 2.05) is 0 Å². The Kier molecular flexibility index (Phi) is 3.65. The van der Waals surface area contributed by atoms with Gasteiger partial charge in [0.2, 0.25) is 0 Å². The fourth-order valence-electron chi connectivity index (χ4n) is 1.01. The molecule has 0 amide bonds. The lowest BCUT2D eigenvalue weighted by Gasteiger charge is -2.09. The first-order valence-corrected chi connectivity index (χ1v) is 5.76. The Hall–Kier alpha value is -1.64. The van der Waals surface area contributed by atoms with E-state index in [0.29, 0.717) is 6.07 Å². The number of alkyl halides is 3. The van der Waals surface area contributed by atoms with Crippen LogP contribution in [-0.4, -0.2) is 19.7 Å². The molecule has 0 heterocycles. The van der Waals surface area contributed by atoms with Gasteiger partial charge in [0, 0.05) is 6.07 Å². The number of hydrogen-bond acceptors (Lipinski definition) is 4. The van der Waals surface area contributed by atoms with Crippen LogP contribution in [0.1, 0.15) is 17.3 Å². The molecule has 0 fully saturated rings. The summed E-state index contributed by atoms with van der Waals surface area (Å²) in [5, 5.41) is 0. The average Bonchev–Trinajstić information content (AvgIpc) is 2.14. The summed E-state index contributed by atoms with van der Waals surface area (Å²) in [5.74, 6) is -2.69. The van der Waals surface area contributed by atoms with Crippen molar-refractivity contribution in [3.8, 4) is 5.75 Å². The van der Waals surface area contributed by atoms with Gasteiger partial charge in [0.25, 0.3) is 0 Å². The van der Waals surface area contributed by atoms with Crippen molar-refractivity contribution in [2.75, 3.05) is 0 Å². The van der Waals surface area contributed by atoms with E-state index >= 15 is 0 Å². The van der Waals surface area contributed by atoms with Crippen LogP contribution >= 0.6 is 0 Å². The molecule has 0 aromatic heterocycles. The van der Waals surface area contributed by atoms with Crippen LogP contribution in [0.25, 0.3) is 0 Å². The first-order valence-electron chi connectivity index (χ1n) is 4.36. The molecule has 1 aromatic rings. The van der Waals surface area contributed by atoms with E-state index in [0.717, 1.165) is 19.1 Å². The number of carbonyl (C=O) groups is 1. The third-order valence-corrected chi connectivity index (χ3v) is 2.79. The van der Waals surface area contributed by atoms with Gasteiger partial charge in [0.1, 0.15) is 11.6 Å². The molecule has 18 heavy (non-hydrogen) atoms. The normalized spacial score (nSPS) is 12.3. The van der Waals surface area contributed by atoms with Gasteiger partial charge in [-0.25, -0.2) is 4.39 Å². The third-order valence-electron chi connectivity index (χ3n) is 1.81. The topological polar surface area (TPSA) is 60.4 Å². The second-order valence-electron chi connectivity index (χ2n) is 3.18. The van der Waals surface area contributed by atoms with Gasteiger partial charge < -0.3 is 4.18 Å². The van der Waals surface area contributed by atoms with Crippen LogP contribution in [0.3, 0.4) is 0 Å². The highest BCUT2D eigenvalue weighted by atomic mass is 32.2. The highest BCUT2D eigenvalue weighted by Crippen LogP contribution is 2.27. The number of halogens is 4. The van der Waals surface area contributed by atoms with Gasteiger partial charge in [-0.05, 0) is 19.1 Å². The predicted molar refractivity (Wildman–Crippen MR) is 52.0 cm³/mol. The van der Waals surface area contributed by atoms with E-state index in [9.17, 15) is 30.8 Å². The van der Waals surface area contributed by atoms with Gasteiger partial charge in [-0.2, -0.15) is 21.6 Å². The molecule has 0 unspecified atom stereocenters. The van der Waals surface area contributed by atoms with Crippen molar-refractivity contribution in [1.82, 2.24) is 0 Å². The third kappa shape index (κ3) is 2.97. The Morgan fingerprint density at radius 3 is 2.22 bits per heavy atom. The van der Waals surface area contributed by atoms with E-state index in [-0.39, 0.29) is 5.56 Å². The summed E-state index contributed by atoms with van der Waals surface area (Å²) >= 11 is 0. The van der Waals surface area contributed by atoms with Crippen molar-refractivity contribution >= 4 is 15.9 Å². The zero-order valence-corrected chi connectivity index (χ0v) is 9.60. The van der Waals surface area contributed by atoms with Crippen LogP contribution in [-0.2, 0) is 10.1 Å². The molecule has 0 saturated carbocycles. The zero-order valence-electron chi connectivity index (χ0n) is 8.79. The zero-order chi connectivity index (χ0) is 14.1. The van der Waals surface area contributed by atoms with Crippen molar-refractivity contribution in [2.24, 2.45) is 0 Å². The van der Waals surface area contributed by atoms with Crippen LogP contribution in [0.5, 0.6) is 5.75 Å². The van der Waals surface area contributed by atoms with Crippen LogP contribution in [0, 0.1) is 5.82 Å². The summed E-state index contributed by atoms with van der Waals surface area (Å²) in [5.41, 5.74) is -5.99. The van der Waals surface area contributed by atoms with Crippen molar-refractivity contribution in [1.29, 1.82) is 0 Å². The minimum Gasteiger partial charge on any atom is -0.376 e. The van der Waals surface area contributed by atoms with Gasteiger partial charge in [-0.15, -0.1) is 0 Å². The summed E-state index contributed by atoms with van der Waals surface area (Å²) in [6.45, 7) is 1.05. The maximum absolute atomic E-state index is 13.2. The Balaban J connectivity index is 3.09. The molecule has 0 saturated heterocycles. The van der Waals surface area contributed by atoms with Crippen molar-refractivity contribution in [3.63, 3.8) is 0 Å². The van der Waals surface area contributed by atoms with Crippen LogP contribution in [0.2, 0.25) is 0 Å². The minimum absolute atomic E-state index is 0.383. The molecule has 0 radical (unpaired) electrons. The molecule has 0 atom stereocenters. The molecule has 0 aliphatic rings. The molecule has 1 aromatic carbocycles. The van der Waals surface area contributed by atoms with E-state index in [4.69, 9.17) is 0 Å². The number of rotatable bonds is 3. The monoisotopic (exact) mass is 286 g/mol. The molecule has 4 nitrogen and oxygen atoms in total. The maximum atomic E-state index is 13.2. The van der Waals surface area contributed by atoms with E-state index in [1.54, 1.807) is 0 Å². The van der Waals surface area contributed by atoms with Gasteiger partial charge >= 0.3 is 15.6 Å². The summed E-state index contributed by atoms with van der Waals surface area (Å²) in [6.07, 6.45) is 0.